The number of nitriles is 1. The minimum absolute atomic E-state index is 0.0988. The number of nitrogens with one attached hydrogen (secondary N) is 1. The van der Waals surface area contributed by atoms with Crippen LogP contribution in [0.3, 0.4) is 0 Å². The van der Waals surface area contributed by atoms with Gasteiger partial charge in [0.25, 0.3) is 0 Å². The van der Waals surface area contributed by atoms with Crippen LogP contribution in [0, 0.1) is 31.4 Å². The summed E-state index contributed by atoms with van der Waals surface area (Å²) < 4.78 is 5.88. The molecule has 5 nitrogen and oxygen atoms in total. The maximum Gasteiger partial charge on any atom is 0.235 e. The molecule has 2 aromatic carbocycles. The van der Waals surface area contributed by atoms with Gasteiger partial charge in [-0.05, 0) is 73.5 Å². The van der Waals surface area contributed by atoms with Crippen molar-refractivity contribution in [1.29, 1.82) is 5.26 Å². The molecular formula is C19H17N3O2S. The fourth-order valence-corrected chi connectivity index (χ4v) is 2.75. The van der Waals surface area contributed by atoms with Crippen molar-refractivity contribution < 1.29 is 9.21 Å². The van der Waals surface area contributed by atoms with Crippen LogP contribution in [0.2, 0.25) is 0 Å². The number of aromatic nitrogens is 1. The molecule has 0 aliphatic carbocycles. The van der Waals surface area contributed by atoms with Crippen LogP contribution < -0.4 is 5.32 Å². The Bertz CT molecular complexity index is 963. The second-order valence-corrected chi connectivity index (χ2v) is 6.64. The van der Waals surface area contributed by atoms with Crippen LogP contribution >= 0.6 is 11.8 Å². The molecular weight excluding hydrogens is 334 g/mol. The highest BCUT2D eigenvalue weighted by molar-refractivity contribution is 8.04. The number of carbonyl (C=O) groups is 1. The zero-order chi connectivity index (χ0) is 18.0. The number of thiocyanates is 1. The molecule has 0 bridgehead atoms. The second-order valence-electron chi connectivity index (χ2n) is 5.88. The summed E-state index contributed by atoms with van der Waals surface area (Å²) in [6, 6.07) is 9.66. The van der Waals surface area contributed by atoms with E-state index >= 15 is 0 Å². The van der Waals surface area contributed by atoms with Gasteiger partial charge in [0.05, 0.1) is 5.75 Å². The molecule has 0 aliphatic heterocycles. The number of rotatable bonds is 4. The van der Waals surface area contributed by atoms with Gasteiger partial charge in [0, 0.05) is 11.3 Å². The first-order valence-electron chi connectivity index (χ1n) is 7.77. The van der Waals surface area contributed by atoms with Gasteiger partial charge in [0.1, 0.15) is 10.9 Å². The summed E-state index contributed by atoms with van der Waals surface area (Å²) in [5.41, 5.74) is 6.29. The van der Waals surface area contributed by atoms with Gasteiger partial charge in [-0.1, -0.05) is 6.07 Å². The number of hydrogen-bond acceptors (Lipinski definition) is 5. The fraction of sp³-hybridized carbons (Fsp3) is 0.211. The quantitative estimate of drug-likeness (QED) is 0.696. The van der Waals surface area contributed by atoms with Crippen LogP contribution in [0.1, 0.15) is 16.7 Å². The van der Waals surface area contributed by atoms with E-state index in [1.54, 1.807) is 0 Å². The summed E-state index contributed by atoms with van der Waals surface area (Å²) in [6.07, 6.45) is 0. The normalized spacial score (nSPS) is 10.6. The first kappa shape index (κ1) is 17.1. The van der Waals surface area contributed by atoms with Crippen LogP contribution in [-0.4, -0.2) is 16.6 Å². The standard InChI is InChI=1S/C19H17N3O2S/c1-11-4-5-14(8-15(11)21-18(23)9-25-10-20)19-22-16-6-12(2)13(3)7-17(16)24-19/h4-8H,9H2,1-3H3,(H,21,23). The van der Waals surface area contributed by atoms with E-state index in [9.17, 15) is 4.79 Å². The number of anilines is 1. The molecule has 0 unspecified atom stereocenters. The monoisotopic (exact) mass is 351 g/mol. The Labute approximate surface area is 150 Å². The molecule has 1 N–H and O–H groups in total. The van der Waals surface area contributed by atoms with E-state index in [0.29, 0.717) is 11.6 Å². The van der Waals surface area contributed by atoms with Crippen molar-refractivity contribution in [3.8, 4) is 16.9 Å². The van der Waals surface area contributed by atoms with Gasteiger partial charge in [-0.25, -0.2) is 4.98 Å². The van der Waals surface area contributed by atoms with Gasteiger partial charge in [0.2, 0.25) is 11.8 Å². The highest BCUT2D eigenvalue weighted by Gasteiger charge is 2.12. The van der Waals surface area contributed by atoms with E-state index in [2.05, 4.69) is 10.3 Å². The van der Waals surface area contributed by atoms with Crippen molar-refractivity contribution in [2.75, 3.05) is 11.1 Å². The average Bonchev–Trinajstić information content (AvgIpc) is 2.98. The molecule has 0 aliphatic rings. The third-order valence-electron chi connectivity index (χ3n) is 4.03. The van der Waals surface area contributed by atoms with Gasteiger partial charge in [-0.3, -0.25) is 4.79 Å². The molecule has 0 spiro atoms. The lowest BCUT2D eigenvalue weighted by atomic mass is 10.1. The molecule has 25 heavy (non-hydrogen) atoms. The predicted molar refractivity (Wildman–Crippen MR) is 100 cm³/mol. The largest absolute Gasteiger partial charge is 0.436 e. The lowest BCUT2D eigenvalue weighted by Crippen LogP contribution is -2.14. The van der Waals surface area contributed by atoms with Crippen LogP contribution in [0.5, 0.6) is 0 Å². The molecule has 0 saturated carbocycles. The van der Waals surface area contributed by atoms with Gasteiger partial charge in [-0.15, -0.1) is 0 Å². The van der Waals surface area contributed by atoms with E-state index < -0.39 is 0 Å². The SMILES string of the molecule is Cc1cc2nc(-c3ccc(C)c(NC(=O)CSC#N)c3)oc2cc1C. The van der Waals surface area contributed by atoms with Gasteiger partial charge in [-0.2, -0.15) is 5.26 Å². The maximum atomic E-state index is 11.9. The van der Waals surface area contributed by atoms with Crippen LogP contribution in [0.15, 0.2) is 34.7 Å². The maximum absolute atomic E-state index is 11.9. The van der Waals surface area contributed by atoms with Crippen LogP contribution in [-0.2, 0) is 4.79 Å². The summed E-state index contributed by atoms with van der Waals surface area (Å²) in [7, 11) is 0. The van der Waals surface area contributed by atoms with Gasteiger partial charge >= 0.3 is 0 Å². The van der Waals surface area contributed by atoms with Crippen molar-refractivity contribution in [3.05, 3.63) is 47.0 Å². The summed E-state index contributed by atoms with van der Waals surface area (Å²) >= 11 is 0.910. The molecule has 3 rings (SSSR count). The third kappa shape index (κ3) is 3.67. The number of amides is 1. The third-order valence-corrected chi connectivity index (χ3v) is 4.57. The van der Waals surface area contributed by atoms with E-state index in [4.69, 9.17) is 9.68 Å². The molecule has 1 heterocycles. The summed E-state index contributed by atoms with van der Waals surface area (Å²) in [4.78, 5) is 16.4. The molecule has 126 valence electrons. The minimum Gasteiger partial charge on any atom is -0.436 e. The average molecular weight is 351 g/mol. The molecule has 3 aromatic rings. The van der Waals surface area contributed by atoms with Crippen molar-refractivity contribution in [3.63, 3.8) is 0 Å². The number of fused-ring (bicyclic) bond motifs is 1. The first-order chi connectivity index (χ1) is 12.0. The summed E-state index contributed by atoms with van der Waals surface area (Å²) in [6.45, 7) is 5.99. The zero-order valence-corrected chi connectivity index (χ0v) is 15.0. The van der Waals surface area contributed by atoms with Crippen molar-refractivity contribution in [1.82, 2.24) is 4.98 Å². The highest BCUT2D eigenvalue weighted by Crippen LogP contribution is 2.29. The molecule has 0 radical (unpaired) electrons. The predicted octanol–water partition coefficient (Wildman–Crippen LogP) is 4.57. The zero-order valence-electron chi connectivity index (χ0n) is 14.2. The Hall–Kier alpha value is -2.78. The Kier molecular flexibility index (Phi) is 4.77. The lowest BCUT2D eigenvalue weighted by Gasteiger charge is -2.08. The van der Waals surface area contributed by atoms with E-state index in [-0.39, 0.29) is 11.7 Å². The summed E-state index contributed by atoms with van der Waals surface area (Å²) in [5, 5.41) is 13.3. The number of carbonyl (C=O) groups excluding carboxylic acids is 1. The lowest BCUT2D eigenvalue weighted by molar-refractivity contribution is -0.113. The second kappa shape index (κ2) is 6.99. The number of hydrogen-bond donors (Lipinski definition) is 1. The van der Waals surface area contributed by atoms with Crippen molar-refractivity contribution in [2.24, 2.45) is 0 Å². The minimum atomic E-state index is -0.212. The number of thioether (sulfide) groups is 1. The molecule has 1 amide bonds. The number of aryl methyl sites for hydroxylation is 3. The Morgan fingerprint density at radius 2 is 1.96 bits per heavy atom. The topological polar surface area (TPSA) is 78.9 Å². The molecule has 6 heteroatoms. The number of benzene rings is 2. The van der Waals surface area contributed by atoms with Crippen molar-refractivity contribution >= 4 is 34.5 Å². The Morgan fingerprint density at radius 3 is 2.72 bits per heavy atom. The molecule has 0 atom stereocenters. The molecule has 0 saturated heterocycles. The van der Waals surface area contributed by atoms with Crippen LogP contribution in [0.25, 0.3) is 22.6 Å². The molecule has 0 fully saturated rings. The highest BCUT2D eigenvalue weighted by atomic mass is 32.2. The Balaban J connectivity index is 1.94. The van der Waals surface area contributed by atoms with E-state index in [1.165, 1.54) is 5.56 Å². The van der Waals surface area contributed by atoms with Crippen molar-refractivity contribution in [2.45, 2.75) is 20.8 Å². The first-order valence-corrected chi connectivity index (χ1v) is 8.76. The van der Waals surface area contributed by atoms with Gasteiger partial charge in [0.15, 0.2) is 5.58 Å². The number of oxazole rings is 1. The van der Waals surface area contributed by atoms with Gasteiger partial charge < -0.3 is 9.73 Å². The van der Waals surface area contributed by atoms with E-state index in [1.807, 2.05) is 56.5 Å². The molecule has 1 aromatic heterocycles. The van der Waals surface area contributed by atoms with Crippen LogP contribution in [0.4, 0.5) is 5.69 Å². The fourth-order valence-electron chi connectivity index (χ4n) is 2.48. The summed E-state index contributed by atoms with van der Waals surface area (Å²) in [5.74, 6) is 0.402. The number of nitrogens with zero attached hydrogens (tertiary/aromatic N) is 2. The Morgan fingerprint density at radius 1 is 1.20 bits per heavy atom. The smallest absolute Gasteiger partial charge is 0.235 e. The van der Waals surface area contributed by atoms with E-state index in [0.717, 1.165) is 39.6 Å².